The first-order valence-electron chi connectivity index (χ1n) is 5.31. The number of aliphatic hydroxyl groups excluding tert-OH is 1. The maximum atomic E-state index is 13.4. The van der Waals surface area contributed by atoms with Crippen LogP contribution in [0.3, 0.4) is 0 Å². The molecule has 0 aliphatic carbocycles. The van der Waals surface area contributed by atoms with Gasteiger partial charge in [-0.3, -0.25) is 0 Å². The minimum atomic E-state index is -1.30. The highest BCUT2D eigenvalue weighted by molar-refractivity contribution is 6.33. The number of urea groups is 1. The summed E-state index contributed by atoms with van der Waals surface area (Å²) in [5.74, 6) is -2.04. The topological polar surface area (TPSA) is 98.7 Å². The van der Waals surface area contributed by atoms with Crippen molar-refractivity contribution in [2.75, 3.05) is 11.9 Å². The molecule has 0 aliphatic heterocycles. The number of hydrogen-bond donors (Lipinski definition) is 4. The number of halogens is 2. The highest BCUT2D eigenvalue weighted by Crippen LogP contribution is 2.24. The molecule has 0 aliphatic rings. The Hall–Kier alpha value is -1.86. The van der Waals surface area contributed by atoms with E-state index in [0.717, 1.165) is 6.07 Å². The van der Waals surface area contributed by atoms with Crippen LogP contribution in [-0.4, -0.2) is 34.9 Å². The van der Waals surface area contributed by atoms with Crippen LogP contribution >= 0.6 is 11.6 Å². The van der Waals surface area contributed by atoms with E-state index in [1.54, 1.807) is 0 Å². The van der Waals surface area contributed by atoms with Gasteiger partial charge in [0.1, 0.15) is 11.9 Å². The summed E-state index contributed by atoms with van der Waals surface area (Å²) in [7, 11) is 0. The van der Waals surface area contributed by atoms with Gasteiger partial charge in [-0.15, -0.1) is 0 Å². The summed E-state index contributed by atoms with van der Waals surface area (Å²) in [4.78, 5) is 22.3. The van der Waals surface area contributed by atoms with Gasteiger partial charge in [-0.25, -0.2) is 14.0 Å². The summed E-state index contributed by atoms with van der Waals surface area (Å²) >= 11 is 5.70. The quantitative estimate of drug-likeness (QED) is 0.659. The van der Waals surface area contributed by atoms with Gasteiger partial charge in [0, 0.05) is 13.0 Å². The van der Waals surface area contributed by atoms with E-state index in [2.05, 4.69) is 10.6 Å². The standard InChI is InChI=1S/C11H12ClFN2O4/c12-6-2-1-3-7(13)9(6)15-11(19)14-8(4-5-16)10(17)18/h1-3,8,16H,4-5H2,(H,17,18)(H2,14,15,19)/t8-/m1/s1. The minimum Gasteiger partial charge on any atom is -0.480 e. The van der Waals surface area contributed by atoms with Crippen LogP contribution in [0.15, 0.2) is 18.2 Å². The van der Waals surface area contributed by atoms with Gasteiger partial charge in [0.15, 0.2) is 0 Å². The molecule has 4 N–H and O–H groups in total. The third-order valence-electron chi connectivity index (χ3n) is 2.22. The number of carbonyl (C=O) groups excluding carboxylic acids is 1. The Bertz CT molecular complexity index is 464. The van der Waals surface area contributed by atoms with E-state index in [-0.39, 0.29) is 17.1 Å². The molecule has 0 bridgehead atoms. The fourth-order valence-electron chi connectivity index (χ4n) is 1.31. The number of anilines is 1. The Morgan fingerprint density at radius 2 is 2.11 bits per heavy atom. The third-order valence-corrected chi connectivity index (χ3v) is 2.54. The second-order valence-electron chi connectivity index (χ2n) is 3.60. The fourth-order valence-corrected chi connectivity index (χ4v) is 1.52. The number of hydrogen-bond acceptors (Lipinski definition) is 3. The summed E-state index contributed by atoms with van der Waals surface area (Å²) in [6.07, 6.45) is -0.159. The van der Waals surface area contributed by atoms with Crippen molar-refractivity contribution in [2.24, 2.45) is 0 Å². The van der Waals surface area contributed by atoms with Crippen molar-refractivity contribution >= 4 is 29.3 Å². The van der Waals surface area contributed by atoms with Gasteiger partial charge in [-0.2, -0.15) is 0 Å². The number of carboxylic acids is 1. The normalized spacial score (nSPS) is 11.7. The van der Waals surface area contributed by atoms with Crippen molar-refractivity contribution in [3.8, 4) is 0 Å². The summed E-state index contributed by atoms with van der Waals surface area (Å²) in [6, 6.07) is 1.66. The van der Waals surface area contributed by atoms with Crippen molar-refractivity contribution in [1.82, 2.24) is 5.32 Å². The summed E-state index contributed by atoms with van der Waals surface area (Å²) in [5, 5.41) is 21.6. The number of para-hydroxylation sites is 1. The molecule has 1 atom stereocenters. The number of aliphatic carboxylic acids is 1. The van der Waals surface area contributed by atoms with Crippen LogP contribution in [0.4, 0.5) is 14.9 Å². The van der Waals surface area contributed by atoms with Gasteiger partial charge in [-0.1, -0.05) is 17.7 Å². The largest absolute Gasteiger partial charge is 0.480 e. The van der Waals surface area contributed by atoms with Crippen LogP contribution < -0.4 is 10.6 Å². The molecule has 0 aromatic heterocycles. The molecule has 0 fully saturated rings. The van der Waals surface area contributed by atoms with Gasteiger partial charge < -0.3 is 20.8 Å². The van der Waals surface area contributed by atoms with Crippen molar-refractivity contribution in [1.29, 1.82) is 0 Å². The summed E-state index contributed by atoms with van der Waals surface area (Å²) in [6.45, 7) is -0.405. The Morgan fingerprint density at radius 1 is 1.42 bits per heavy atom. The first-order chi connectivity index (χ1) is 8.95. The number of carboxylic acid groups (broad SMARTS) is 1. The molecule has 1 aromatic carbocycles. The first-order valence-corrected chi connectivity index (χ1v) is 5.68. The monoisotopic (exact) mass is 290 g/mol. The van der Waals surface area contributed by atoms with Crippen LogP contribution in [0, 0.1) is 5.82 Å². The fraction of sp³-hybridized carbons (Fsp3) is 0.273. The second-order valence-corrected chi connectivity index (χ2v) is 4.01. The van der Waals surface area contributed by atoms with Crippen LogP contribution in [0.2, 0.25) is 5.02 Å². The number of benzene rings is 1. The van der Waals surface area contributed by atoms with E-state index >= 15 is 0 Å². The molecule has 0 spiro atoms. The van der Waals surface area contributed by atoms with Crippen LogP contribution in [0.1, 0.15) is 6.42 Å². The molecule has 2 amide bonds. The number of aliphatic hydroxyl groups is 1. The number of nitrogens with one attached hydrogen (secondary N) is 2. The van der Waals surface area contributed by atoms with E-state index in [0.29, 0.717) is 0 Å². The second kappa shape index (κ2) is 6.91. The van der Waals surface area contributed by atoms with Crippen molar-refractivity contribution in [3.05, 3.63) is 29.0 Å². The van der Waals surface area contributed by atoms with E-state index in [1.165, 1.54) is 12.1 Å². The average Bonchev–Trinajstić information content (AvgIpc) is 2.33. The minimum absolute atomic E-state index is 0.0100. The molecule has 6 nitrogen and oxygen atoms in total. The molecule has 104 valence electrons. The van der Waals surface area contributed by atoms with E-state index in [4.69, 9.17) is 21.8 Å². The van der Waals surface area contributed by atoms with Crippen LogP contribution in [-0.2, 0) is 4.79 Å². The van der Waals surface area contributed by atoms with Crippen molar-refractivity contribution < 1.29 is 24.2 Å². The van der Waals surface area contributed by atoms with Crippen LogP contribution in [0.25, 0.3) is 0 Å². The van der Waals surface area contributed by atoms with Crippen LogP contribution in [0.5, 0.6) is 0 Å². The molecule has 0 radical (unpaired) electrons. The summed E-state index contributed by atoms with van der Waals surface area (Å²) in [5.41, 5.74) is -0.241. The molecule has 19 heavy (non-hydrogen) atoms. The van der Waals surface area contributed by atoms with Crippen molar-refractivity contribution in [2.45, 2.75) is 12.5 Å². The van der Waals surface area contributed by atoms with Crippen molar-refractivity contribution in [3.63, 3.8) is 0 Å². The lowest BCUT2D eigenvalue weighted by atomic mass is 10.2. The predicted molar refractivity (Wildman–Crippen MR) is 66.7 cm³/mol. The maximum Gasteiger partial charge on any atom is 0.326 e. The number of carbonyl (C=O) groups is 2. The SMILES string of the molecule is O=C(Nc1c(F)cccc1Cl)N[C@H](CCO)C(=O)O. The lowest BCUT2D eigenvalue weighted by Gasteiger charge is -2.14. The highest BCUT2D eigenvalue weighted by Gasteiger charge is 2.20. The van der Waals surface area contributed by atoms with E-state index in [1.807, 2.05) is 0 Å². The van der Waals surface area contributed by atoms with Gasteiger partial charge in [0.2, 0.25) is 0 Å². The highest BCUT2D eigenvalue weighted by atomic mass is 35.5. The number of amides is 2. The Balaban J connectivity index is 2.72. The Kier molecular flexibility index (Phi) is 5.53. The van der Waals surface area contributed by atoms with Gasteiger partial charge in [0.05, 0.1) is 10.7 Å². The lowest BCUT2D eigenvalue weighted by molar-refractivity contribution is -0.139. The molecule has 0 unspecified atom stereocenters. The molecule has 0 saturated carbocycles. The zero-order valence-electron chi connectivity index (χ0n) is 9.69. The first kappa shape index (κ1) is 15.2. The average molecular weight is 291 g/mol. The Labute approximate surface area is 113 Å². The van der Waals surface area contributed by atoms with Gasteiger partial charge in [-0.05, 0) is 12.1 Å². The maximum absolute atomic E-state index is 13.4. The smallest absolute Gasteiger partial charge is 0.326 e. The lowest BCUT2D eigenvalue weighted by Crippen LogP contribution is -2.43. The molecule has 0 heterocycles. The van der Waals surface area contributed by atoms with Gasteiger partial charge >= 0.3 is 12.0 Å². The summed E-state index contributed by atoms with van der Waals surface area (Å²) < 4.78 is 13.4. The molecule has 1 rings (SSSR count). The van der Waals surface area contributed by atoms with E-state index < -0.39 is 30.5 Å². The molecule has 0 saturated heterocycles. The third kappa shape index (κ3) is 4.38. The zero-order chi connectivity index (χ0) is 14.4. The zero-order valence-corrected chi connectivity index (χ0v) is 10.4. The molecular formula is C11H12ClFN2O4. The van der Waals surface area contributed by atoms with Gasteiger partial charge in [0.25, 0.3) is 0 Å². The Morgan fingerprint density at radius 3 is 2.63 bits per heavy atom. The van der Waals surface area contributed by atoms with E-state index in [9.17, 15) is 14.0 Å². The molecule has 1 aromatic rings. The number of rotatable bonds is 5. The molecule has 8 heteroatoms. The molecular weight excluding hydrogens is 279 g/mol. The predicted octanol–water partition coefficient (Wildman–Crippen LogP) is 1.44.